The first-order valence-corrected chi connectivity index (χ1v) is 6.16. The second-order valence-electron chi connectivity index (χ2n) is 4.07. The van der Waals surface area contributed by atoms with Crippen molar-refractivity contribution in [3.63, 3.8) is 0 Å². The lowest BCUT2D eigenvalue weighted by atomic mass is 10.0. The summed E-state index contributed by atoms with van der Waals surface area (Å²) >= 11 is 11.8. The van der Waals surface area contributed by atoms with Gasteiger partial charge in [0.05, 0.1) is 17.7 Å². The molecule has 0 spiro atoms. The van der Waals surface area contributed by atoms with Crippen LogP contribution in [0.5, 0.6) is 11.5 Å². The average molecular weight is 343 g/mol. The van der Waals surface area contributed by atoms with Crippen molar-refractivity contribution in [2.24, 2.45) is 0 Å². The Bertz CT molecular complexity index is 640. The highest BCUT2D eigenvalue weighted by atomic mass is 35.5. The van der Waals surface area contributed by atoms with Crippen LogP contribution in [0.15, 0.2) is 11.6 Å². The maximum Gasteiger partial charge on any atom is 0.430 e. The van der Waals surface area contributed by atoms with E-state index in [1.807, 2.05) is 0 Å². The molecule has 1 N–H and O–H groups in total. The van der Waals surface area contributed by atoms with Gasteiger partial charge in [0.25, 0.3) is 0 Å². The highest BCUT2D eigenvalue weighted by molar-refractivity contribution is 6.38. The number of fused-ring (bicyclic) bond motifs is 1. The fourth-order valence-electron chi connectivity index (χ4n) is 1.86. The molecule has 1 aromatic rings. The molecule has 0 fully saturated rings. The molecule has 0 saturated heterocycles. The Balaban J connectivity index is 2.66. The van der Waals surface area contributed by atoms with Gasteiger partial charge < -0.3 is 14.6 Å². The molecule has 0 bridgehead atoms. The van der Waals surface area contributed by atoms with E-state index in [9.17, 15) is 18.0 Å². The Morgan fingerprint density at radius 3 is 2.52 bits per heavy atom. The van der Waals surface area contributed by atoms with Gasteiger partial charge in [-0.25, -0.2) is 4.79 Å². The molecule has 0 aromatic heterocycles. The molecular weight excluding hydrogens is 336 g/mol. The molecule has 1 aliphatic rings. The first-order chi connectivity index (χ1) is 9.66. The summed E-state index contributed by atoms with van der Waals surface area (Å²) in [6.45, 7) is 0. The van der Waals surface area contributed by atoms with Crippen LogP contribution >= 0.6 is 23.2 Å². The number of hydrogen-bond acceptors (Lipinski definition) is 3. The minimum absolute atomic E-state index is 0.0243. The first kappa shape index (κ1) is 15.8. The van der Waals surface area contributed by atoms with Gasteiger partial charge in [0, 0.05) is 5.56 Å². The molecule has 0 aliphatic carbocycles. The fourth-order valence-corrected chi connectivity index (χ4v) is 2.53. The number of benzene rings is 1. The van der Waals surface area contributed by atoms with Gasteiger partial charge in [0.15, 0.2) is 5.75 Å². The Morgan fingerprint density at radius 1 is 1.43 bits per heavy atom. The van der Waals surface area contributed by atoms with Crippen molar-refractivity contribution in [2.45, 2.75) is 12.3 Å². The third-order valence-corrected chi connectivity index (χ3v) is 3.36. The normalized spacial score (nSPS) is 17.6. The predicted octanol–water partition coefficient (Wildman–Crippen LogP) is 3.79. The summed E-state index contributed by atoms with van der Waals surface area (Å²) in [6.07, 6.45) is -6.69. The third-order valence-electron chi connectivity index (χ3n) is 2.74. The van der Waals surface area contributed by atoms with Gasteiger partial charge in [-0.2, -0.15) is 13.2 Å². The number of carbonyl (C=O) groups is 1. The number of rotatable bonds is 2. The van der Waals surface area contributed by atoms with Crippen LogP contribution in [-0.2, 0) is 4.79 Å². The quantitative estimate of drug-likeness (QED) is 0.888. The molecule has 2 rings (SSSR count). The smallest absolute Gasteiger partial charge is 0.430 e. The monoisotopic (exact) mass is 342 g/mol. The summed E-state index contributed by atoms with van der Waals surface area (Å²) in [6, 6.07) is 1.22. The highest BCUT2D eigenvalue weighted by Gasteiger charge is 2.49. The summed E-state index contributed by atoms with van der Waals surface area (Å²) in [5.74, 6) is -2.12. The highest BCUT2D eigenvalue weighted by Crippen LogP contribution is 2.47. The number of halogens is 5. The number of methoxy groups -OCH3 is 1. The molecule has 1 heterocycles. The molecule has 4 nitrogen and oxygen atoms in total. The van der Waals surface area contributed by atoms with E-state index in [2.05, 4.69) is 0 Å². The van der Waals surface area contributed by atoms with Crippen LogP contribution in [0.2, 0.25) is 10.0 Å². The van der Waals surface area contributed by atoms with Gasteiger partial charge >= 0.3 is 12.1 Å². The fraction of sp³-hybridized carbons (Fsp3) is 0.250. The molecule has 21 heavy (non-hydrogen) atoms. The molecule has 1 aromatic carbocycles. The zero-order valence-corrected chi connectivity index (χ0v) is 11.8. The summed E-state index contributed by atoms with van der Waals surface area (Å²) in [7, 11) is 1.24. The van der Waals surface area contributed by atoms with Crippen LogP contribution in [-0.4, -0.2) is 30.5 Å². The summed E-state index contributed by atoms with van der Waals surface area (Å²) in [4.78, 5) is 11.0. The lowest BCUT2D eigenvalue weighted by Gasteiger charge is -2.28. The van der Waals surface area contributed by atoms with E-state index >= 15 is 0 Å². The summed E-state index contributed by atoms with van der Waals surface area (Å²) < 4.78 is 48.4. The molecule has 1 atom stereocenters. The Labute approximate surface area is 126 Å². The van der Waals surface area contributed by atoms with E-state index in [1.54, 1.807) is 0 Å². The number of carboxylic acids is 1. The lowest BCUT2D eigenvalue weighted by molar-refractivity contribution is -0.187. The van der Waals surface area contributed by atoms with E-state index in [4.69, 9.17) is 37.8 Å². The van der Waals surface area contributed by atoms with Crippen LogP contribution in [0, 0.1) is 0 Å². The first-order valence-electron chi connectivity index (χ1n) is 5.41. The number of carboxylic acid groups (broad SMARTS) is 1. The zero-order valence-electron chi connectivity index (χ0n) is 10.3. The number of ether oxygens (including phenoxy) is 2. The van der Waals surface area contributed by atoms with Crippen molar-refractivity contribution in [2.75, 3.05) is 7.11 Å². The minimum atomic E-state index is -4.90. The van der Waals surface area contributed by atoms with Crippen LogP contribution in [0.4, 0.5) is 13.2 Å². The van der Waals surface area contributed by atoms with Gasteiger partial charge in [-0.15, -0.1) is 0 Å². The maximum absolute atomic E-state index is 12.9. The maximum atomic E-state index is 12.9. The Kier molecular flexibility index (Phi) is 3.99. The van der Waals surface area contributed by atoms with Crippen molar-refractivity contribution >= 4 is 35.2 Å². The summed E-state index contributed by atoms with van der Waals surface area (Å²) in [5, 5.41) is 8.67. The van der Waals surface area contributed by atoms with Gasteiger partial charge in [-0.3, -0.25) is 0 Å². The largest absolute Gasteiger partial charge is 0.493 e. The second kappa shape index (κ2) is 5.31. The van der Waals surface area contributed by atoms with Crippen LogP contribution in [0.25, 0.3) is 6.08 Å². The third kappa shape index (κ3) is 2.75. The molecule has 114 valence electrons. The van der Waals surface area contributed by atoms with E-state index in [0.29, 0.717) is 0 Å². The van der Waals surface area contributed by atoms with Crippen LogP contribution in [0.3, 0.4) is 0 Å². The van der Waals surface area contributed by atoms with Crippen molar-refractivity contribution in [3.8, 4) is 11.5 Å². The van der Waals surface area contributed by atoms with E-state index in [-0.39, 0.29) is 27.1 Å². The minimum Gasteiger partial charge on any atom is -0.493 e. The number of hydrogen-bond donors (Lipinski definition) is 1. The topological polar surface area (TPSA) is 55.8 Å². The second-order valence-corrected chi connectivity index (χ2v) is 4.85. The molecule has 0 saturated carbocycles. The molecular formula is C12H7Cl2F3O4. The van der Waals surface area contributed by atoms with E-state index < -0.39 is 23.8 Å². The molecule has 1 aliphatic heterocycles. The Hall–Kier alpha value is -1.60. The van der Waals surface area contributed by atoms with Gasteiger partial charge in [0.1, 0.15) is 10.8 Å². The van der Waals surface area contributed by atoms with Crippen molar-refractivity contribution in [3.05, 3.63) is 27.2 Å². The number of aliphatic carboxylic acids is 1. The van der Waals surface area contributed by atoms with Crippen LogP contribution < -0.4 is 9.47 Å². The molecule has 0 radical (unpaired) electrons. The van der Waals surface area contributed by atoms with Crippen molar-refractivity contribution in [1.29, 1.82) is 0 Å². The molecule has 9 heteroatoms. The van der Waals surface area contributed by atoms with E-state index in [0.717, 1.165) is 6.08 Å². The molecule has 0 unspecified atom stereocenters. The summed E-state index contributed by atoms with van der Waals surface area (Å²) in [5.41, 5.74) is -0.920. The van der Waals surface area contributed by atoms with Gasteiger partial charge in [0.2, 0.25) is 6.10 Å². The SMILES string of the molecule is COc1c(Cl)cc2c(c1Cl)O[C@H](C(F)(F)F)C(C(=O)O)=C2. The standard InChI is InChI=1S/C12H7Cl2F3O4/c1-20-9-6(13)3-4-2-5(11(18)19)10(12(15,16)17)21-8(4)7(9)14/h2-3,10H,1H3,(H,18,19)/t10-/m0/s1. The molecule has 0 amide bonds. The van der Waals surface area contributed by atoms with Crippen molar-refractivity contribution < 1.29 is 32.5 Å². The predicted molar refractivity (Wildman–Crippen MR) is 69.1 cm³/mol. The lowest BCUT2D eigenvalue weighted by Crippen LogP contribution is -2.40. The number of alkyl halides is 3. The Morgan fingerprint density at radius 2 is 2.05 bits per heavy atom. The van der Waals surface area contributed by atoms with Gasteiger partial charge in [-0.1, -0.05) is 23.2 Å². The zero-order chi connectivity index (χ0) is 15.9. The van der Waals surface area contributed by atoms with Crippen LogP contribution in [0.1, 0.15) is 5.56 Å². The average Bonchev–Trinajstić information content (AvgIpc) is 2.36. The van der Waals surface area contributed by atoms with Gasteiger partial charge in [-0.05, 0) is 12.1 Å². The van der Waals surface area contributed by atoms with Crippen molar-refractivity contribution in [1.82, 2.24) is 0 Å². The van der Waals surface area contributed by atoms with E-state index in [1.165, 1.54) is 13.2 Å².